The lowest BCUT2D eigenvalue weighted by atomic mass is 9.76. The third-order valence-electron chi connectivity index (χ3n) is 5.24. The molecule has 1 aromatic carbocycles. The van der Waals surface area contributed by atoms with Gasteiger partial charge in [0.1, 0.15) is 0 Å². The van der Waals surface area contributed by atoms with Crippen LogP contribution in [-0.2, 0) is 0 Å². The Balaban J connectivity index is 1.81. The van der Waals surface area contributed by atoms with Gasteiger partial charge in [0.2, 0.25) is 0 Å². The van der Waals surface area contributed by atoms with Gasteiger partial charge >= 0.3 is 0 Å². The van der Waals surface area contributed by atoms with Crippen molar-refractivity contribution in [3.05, 3.63) is 42.1 Å². The van der Waals surface area contributed by atoms with E-state index in [1.807, 2.05) is 12.3 Å². The fourth-order valence-corrected chi connectivity index (χ4v) is 3.89. The lowest BCUT2D eigenvalue weighted by Gasteiger charge is -2.34. The highest BCUT2D eigenvalue weighted by Crippen LogP contribution is 2.38. The Morgan fingerprint density at radius 3 is 2.71 bits per heavy atom. The smallest absolute Gasteiger partial charge is 0.0702 e. The van der Waals surface area contributed by atoms with Gasteiger partial charge in [0.15, 0.2) is 0 Å². The summed E-state index contributed by atoms with van der Waals surface area (Å²) in [6.45, 7) is 2.33. The highest BCUT2D eigenvalue weighted by molar-refractivity contribution is 5.79. The number of hydrogen-bond acceptors (Lipinski definition) is 2. The van der Waals surface area contributed by atoms with E-state index < -0.39 is 0 Å². The minimum Gasteiger partial charge on any atom is -0.313 e. The number of hydrogen-bond donors (Lipinski definition) is 1. The average molecular weight is 282 g/mol. The molecule has 112 valence electrons. The quantitative estimate of drug-likeness (QED) is 0.878. The zero-order valence-electron chi connectivity index (χ0n) is 13.2. The van der Waals surface area contributed by atoms with Crippen molar-refractivity contribution >= 4 is 10.9 Å². The van der Waals surface area contributed by atoms with Gasteiger partial charge in [-0.15, -0.1) is 0 Å². The summed E-state index contributed by atoms with van der Waals surface area (Å²) in [5.74, 6) is 1.73. The van der Waals surface area contributed by atoms with Crippen molar-refractivity contribution in [1.82, 2.24) is 10.3 Å². The summed E-state index contributed by atoms with van der Waals surface area (Å²) in [5, 5.41) is 4.81. The van der Waals surface area contributed by atoms with Crippen LogP contribution in [0.5, 0.6) is 0 Å². The Kier molecular flexibility index (Phi) is 4.54. The Morgan fingerprint density at radius 1 is 1.19 bits per heavy atom. The molecule has 0 spiro atoms. The lowest BCUT2D eigenvalue weighted by Crippen LogP contribution is -2.28. The topological polar surface area (TPSA) is 24.9 Å². The third kappa shape index (κ3) is 3.11. The normalized spacial score (nSPS) is 24.1. The molecule has 1 unspecified atom stereocenters. The van der Waals surface area contributed by atoms with Crippen LogP contribution in [0.1, 0.15) is 50.6 Å². The molecule has 1 N–H and O–H groups in total. The summed E-state index contributed by atoms with van der Waals surface area (Å²) in [7, 11) is 2.10. The molecular formula is C19H26N2. The third-order valence-corrected chi connectivity index (χ3v) is 5.24. The predicted octanol–water partition coefficient (Wildman–Crippen LogP) is 4.71. The summed E-state index contributed by atoms with van der Waals surface area (Å²) in [6, 6.07) is 11.4. The van der Waals surface area contributed by atoms with Gasteiger partial charge in [0.25, 0.3) is 0 Å². The van der Waals surface area contributed by atoms with Crippen LogP contribution in [0, 0.1) is 11.8 Å². The summed E-state index contributed by atoms with van der Waals surface area (Å²) < 4.78 is 0. The van der Waals surface area contributed by atoms with Crippen molar-refractivity contribution in [3.8, 4) is 0 Å². The number of pyridine rings is 1. The fraction of sp³-hybridized carbons (Fsp3) is 0.526. The van der Waals surface area contributed by atoms with Crippen molar-refractivity contribution < 1.29 is 0 Å². The van der Waals surface area contributed by atoms with Gasteiger partial charge in [-0.1, -0.05) is 38.3 Å². The van der Waals surface area contributed by atoms with Gasteiger partial charge in [0, 0.05) is 17.6 Å². The van der Waals surface area contributed by atoms with Crippen LogP contribution in [0.2, 0.25) is 0 Å². The minimum atomic E-state index is 0.479. The van der Waals surface area contributed by atoms with Gasteiger partial charge in [-0.3, -0.25) is 4.98 Å². The molecule has 2 aromatic rings. The zero-order chi connectivity index (χ0) is 14.7. The lowest BCUT2D eigenvalue weighted by molar-refractivity contribution is 0.224. The van der Waals surface area contributed by atoms with E-state index in [0.717, 1.165) is 17.4 Å². The number of nitrogens with one attached hydrogen (secondary N) is 1. The van der Waals surface area contributed by atoms with Gasteiger partial charge in [0.05, 0.1) is 5.52 Å². The van der Waals surface area contributed by atoms with Crippen LogP contribution in [0.25, 0.3) is 10.9 Å². The van der Waals surface area contributed by atoms with Crippen molar-refractivity contribution in [3.63, 3.8) is 0 Å². The van der Waals surface area contributed by atoms with Crippen LogP contribution in [0.4, 0.5) is 0 Å². The highest BCUT2D eigenvalue weighted by atomic mass is 14.9. The van der Waals surface area contributed by atoms with Crippen molar-refractivity contribution in [1.29, 1.82) is 0 Å². The molecular weight excluding hydrogens is 256 g/mol. The number of rotatable bonds is 4. The predicted molar refractivity (Wildman–Crippen MR) is 89.3 cm³/mol. The van der Waals surface area contributed by atoms with E-state index >= 15 is 0 Å². The summed E-state index contributed by atoms with van der Waals surface area (Å²) >= 11 is 0. The second-order valence-electron chi connectivity index (χ2n) is 6.41. The number of fused-ring (bicyclic) bond motifs is 1. The van der Waals surface area contributed by atoms with Gasteiger partial charge in [-0.2, -0.15) is 0 Å². The molecule has 1 fully saturated rings. The van der Waals surface area contributed by atoms with E-state index in [9.17, 15) is 0 Å². The summed E-state index contributed by atoms with van der Waals surface area (Å²) in [6.07, 6.45) is 8.72. The van der Waals surface area contributed by atoms with Gasteiger partial charge < -0.3 is 5.32 Å². The molecule has 1 aliphatic rings. The highest BCUT2D eigenvalue weighted by Gasteiger charge is 2.27. The minimum absolute atomic E-state index is 0.479. The number of nitrogens with zero attached hydrogens (tertiary/aromatic N) is 1. The van der Waals surface area contributed by atoms with E-state index in [2.05, 4.69) is 48.5 Å². The van der Waals surface area contributed by atoms with Gasteiger partial charge in [-0.25, -0.2) is 0 Å². The van der Waals surface area contributed by atoms with Crippen LogP contribution in [0.3, 0.4) is 0 Å². The van der Waals surface area contributed by atoms with Gasteiger partial charge in [-0.05, 0) is 55.5 Å². The molecule has 0 radical (unpaired) electrons. The second kappa shape index (κ2) is 6.57. The molecule has 21 heavy (non-hydrogen) atoms. The molecule has 1 atom stereocenters. The van der Waals surface area contributed by atoms with E-state index in [1.165, 1.54) is 43.1 Å². The second-order valence-corrected chi connectivity index (χ2v) is 6.41. The maximum atomic E-state index is 4.42. The van der Waals surface area contributed by atoms with Crippen LogP contribution >= 0.6 is 0 Å². The first-order valence-corrected chi connectivity index (χ1v) is 8.33. The molecule has 1 heterocycles. The Morgan fingerprint density at radius 2 is 2.00 bits per heavy atom. The van der Waals surface area contributed by atoms with Crippen LogP contribution in [0.15, 0.2) is 36.5 Å². The Bertz CT molecular complexity index is 585. The molecule has 3 rings (SSSR count). The molecule has 1 aromatic heterocycles. The Labute approximate surface area is 128 Å². The zero-order valence-corrected chi connectivity index (χ0v) is 13.2. The van der Waals surface area contributed by atoms with E-state index in [0.29, 0.717) is 6.04 Å². The summed E-state index contributed by atoms with van der Waals surface area (Å²) in [4.78, 5) is 4.42. The number of benzene rings is 1. The summed E-state index contributed by atoms with van der Waals surface area (Å²) in [5.41, 5.74) is 2.50. The van der Waals surface area contributed by atoms with E-state index in [-0.39, 0.29) is 0 Å². The van der Waals surface area contributed by atoms with Crippen molar-refractivity contribution in [2.24, 2.45) is 11.8 Å². The molecule has 1 aliphatic carbocycles. The fourth-order valence-electron chi connectivity index (χ4n) is 3.89. The molecule has 2 heteroatoms. The maximum absolute atomic E-state index is 4.42. The average Bonchev–Trinajstić information content (AvgIpc) is 2.56. The first kappa shape index (κ1) is 14.5. The number of aromatic nitrogens is 1. The largest absolute Gasteiger partial charge is 0.313 e. The molecule has 0 amide bonds. The maximum Gasteiger partial charge on any atom is 0.0702 e. The van der Waals surface area contributed by atoms with Crippen LogP contribution < -0.4 is 5.32 Å². The monoisotopic (exact) mass is 282 g/mol. The SMILES string of the molecule is CCC1CCC(C(NC)c2ccc3ncccc3c2)CC1. The molecule has 0 aliphatic heterocycles. The first-order valence-electron chi connectivity index (χ1n) is 8.33. The molecule has 2 nitrogen and oxygen atoms in total. The van der Waals surface area contributed by atoms with E-state index in [4.69, 9.17) is 0 Å². The van der Waals surface area contributed by atoms with Crippen molar-refractivity contribution in [2.45, 2.75) is 45.1 Å². The van der Waals surface area contributed by atoms with E-state index in [1.54, 1.807) is 0 Å². The van der Waals surface area contributed by atoms with Crippen molar-refractivity contribution in [2.75, 3.05) is 7.05 Å². The molecule has 0 saturated heterocycles. The molecule has 0 bridgehead atoms. The van der Waals surface area contributed by atoms with Crippen LogP contribution in [-0.4, -0.2) is 12.0 Å². The molecule has 1 saturated carbocycles. The first-order chi connectivity index (χ1) is 10.3. The standard InChI is InChI=1S/C19H26N2/c1-3-14-6-8-15(9-7-14)19(20-2)17-10-11-18-16(13-17)5-4-12-21-18/h4-5,10-15,19-20H,3,6-9H2,1-2H3. The Hall–Kier alpha value is -1.41.